The van der Waals surface area contributed by atoms with Crippen molar-refractivity contribution in [3.05, 3.63) is 29.8 Å². The van der Waals surface area contributed by atoms with Crippen LogP contribution in [-0.4, -0.2) is 38.1 Å². The maximum atomic E-state index is 12.1. The zero-order valence-electron chi connectivity index (χ0n) is 10.4. The van der Waals surface area contributed by atoms with Crippen LogP contribution in [0.3, 0.4) is 0 Å². The Kier molecular flexibility index (Phi) is 3.86. The summed E-state index contributed by atoms with van der Waals surface area (Å²) in [7, 11) is -3.45. The lowest BCUT2D eigenvalue weighted by atomic mass is 10.2. The van der Waals surface area contributed by atoms with E-state index in [1.165, 1.54) is 12.1 Å². The lowest BCUT2D eigenvalue weighted by Crippen LogP contribution is -2.30. The Labute approximate surface area is 112 Å². The molecule has 0 unspecified atom stereocenters. The van der Waals surface area contributed by atoms with Crippen LogP contribution >= 0.6 is 0 Å². The predicted molar refractivity (Wildman–Crippen MR) is 69.0 cm³/mol. The fourth-order valence-corrected chi connectivity index (χ4v) is 3.34. The van der Waals surface area contributed by atoms with Crippen LogP contribution in [0.2, 0.25) is 0 Å². The SMILES string of the molecule is N#Cc1cccc(S(=O)(=O)CCN2CCCC2=O)c1. The molecule has 1 saturated heterocycles. The van der Waals surface area contributed by atoms with E-state index in [1.807, 2.05) is 6.07 Å². The van der Waals surface area contributed by atoms with Crippen LogP contribution in [0.1, 0.15) is 18.4 Å². The molecular weight excluding hydrogens is 264 g/mol. The molecule has 0 aromatic heterocycles. The quantitative estimate of drug-likeness (QED) is 0.821. The molecule has 0 N–H and O–H groups in total. The van der Waals surface area contributed by atoms with Crippen LogP contribution in [0.4, 0.5) is 0 Å². The first-order chi connectivity index (χ1) is 9.03. The molecule has 0 spiro atoms. The highest BCUT2D eigenvalue weighted by Crippen LogP contribution is 2.15. The number of amides is 1. The molecule has 1 aromatic carbocycles. The molecule has 19 heavy (non-hydrogen) atoms. The minimum Gasteiger partial charge on any atom is -0.342 e. The second-order valence-corrected chi connectivity index (χ2v) is 6.55. The van der Waals surface area contributed by atoms with Gasteiger partial charge in [0.25, 0.3) is 0 Å². The molecule has 0 saturated carbocycles. The van der Waals surface area contributed by atoms with Crippen LogP contribution in [0.25, 0.3) is 0 Å². The molecule has 1 fully saturated rings. The smallest absolute Gasteiger partial charge is 0.222 e. The van der Waals surface area contributed by atoms with Crippen molar-refractivity contribution < 1.29 is 13.2 Å². The van der Waals surface area contributed by atoms with Gasteiger partial charge in [0.05, 0.1) is 22.3 Å². The third kappa shape index (κ3) is 3.12. The number of rotatable bonds is 4. The van der Waals surface area contributed by atoms with E-state index in [4.69, 9.17) is 5.26 Å². The van der Waals surface area contributed by atoms with Gasteiger partial charge in [-0.3, -0.25) is 4.79 Å². The summed E-state index contributed by atoms with van der Waals surface area (Å²) in [6, 6.07) is 7.86. The average Bonchev–Trinajstić information content (AvgIpc) is 2.82. The summed E-state index contributed by atoms with van der Waals surface area (Å²) in [4.78, 5) is 13.1. The Morgan fingerprint density at radius 2 is 2.16 bits per heavy atom. The molecule has 1 aliphatic heterocycles. The summed E-state index contributed by atoms with van der Waals surface area (Å²) in [5.74, 6) is -0.0888. The Balaban J connectivity index is 2.09. The van der Waals surface area contributed by atoms with Gasteiger partial charge in [0.2, 0.25) is 5.91 Å². The van der Waals surface area contributed by atoms with Crippen LogP contribution in [0.5, 0.6) is 0 Å². The Morgan fingerprint density at radius 3 is 2.79 bits per heavy atom. The number of carbonyl (C=O) groups excluding carboxylic acids is 1. The van der Waals surface area contributed by atoms with Crippen molar-refractivity contribution in [3.63, 3.8) is 0 Å². The van der Waals surface area contributed by atoms with Gasteiger partial charge in [0, 0.05) is 19.5 Å². The van der Waals surface area contributed by atoms with Crippen LogP contribution < -0.4 is 0 Å². The maximum Gasteiger partial charge on any atom is 0.222 e. The fraction of sp³-hybridized carbons (Fsp3) is 0.385. The van der Waals surface area contributed by atoms with Crippen LogP contribution in [0, 0.1) is 11.3 Å². The zero-order chi connectivity index (χ0) is 13.9. The number of nitriles is 1. The van der Waals surface area contributed by atoms with Crippen molar-refractivity contribution in [2.75, 3.05) is 18.8 Å². The average molecular weight is 278 g/mol. The lowest BCUT2D eigenvalue weighted by molar-refractivity contribution is -0.127. The summed E-state index contributed by atoms with van der Waals surface area (Å²) in [5.41, 5.74) is 0.318. The number of carbonyl (C=O) groups is 1. The third-order valence-electron chi connectivity index (χ3n) is 3.12. The first-order valence-corrected chi connectivity index (χ1v) is 7.69. The van der Waals surface area contributed by atoms with Gasteiger partial charge < -0.3 is 4.90 Å². The van der Waals surface area contributed by atoms with E-state index in [-0.39, 0.29) is 23.1 Å². The van der Waals surface area contributed by atoms with Gasteiger partial charge >= 0.3 is 0 Å². The summed E-state index contributed by atoms with van der Waals surface area (Å²) < 4.78 is 24.2. The summed E-state index contributed by atoms with van der Waals surface area (Å²) in [5, 5.41) is 8.77. The van der Waals surface area contributed by atoms with Crippen molar-refractivity contribution >= 4 is 15.7 Å². The molecule has 1 amide bonds. The van der Waals surface area contributed by atoms with E-state index in [1.54, 1.807) is 17.0 Å². The van der Waals surface area contributed by atoms with Crippen LogP contribution in [0.15, 0.2) is 29.2 Å². The summed E-state index contributed by atoms with van der Waals surface area (Å²) in [6.45, 7) is 0.852. The minimum atomic E-state index is -3.45. The normalized spacial score (nSPS) is 15.5. The number of benzene rings is 1. The molecule has 0 aliphatic carbocycles. The number of sulfone groups is 1. The predicted octanol–water partition coefficient (Wildman–Crippen LogP) is 0.954. The molecule has 0 atom stereocenters. The van der Waals surface area contributed by atoms with E-state index in [0.717, 1.165) is 6.42 Å². The second kappa shape index (κ2) is 5.41. The number of hydrogen-bond donors (Lipinski definition) is 0. The minimum absolute atomic E-state index is 0.0148. The fourth-order valence-electron chi connectivity index (χ4n) is 2.05. The van der Waals surface area contributed by atoms with Gasteiger partial charge in [-0.05, 0) is 24.6 Å². The number of nitrogens with zero attached hydrogens (tertiary/aromatic N) is 2. The van der Waals surface area contributed by atoms with Gasteiger partial charge in [-0.15, -0.1) is 0 Å². The highest BCUT2D eigenvalue weighted by Gasteiger charge is 2.23. The number of hydrogen-bond acceptors (Lipinski definition) is 4. The monoisotopic (exact) mass is 278 g/mol. The largest absolute Gasteiger partial charge is 0.342 e. The van der Waals surface area contributed by atoms with Crippen LogP contribution in [-0.2, 0) is 14.6 Å². The zero-order valence-corrected chi connectivity index (χ0v) is 11.2. The van der Waals surface area contributed by atoms with Crippen molar-refractivity contribution in [1.29, 1.82) is 5.26 Å². The van der Waals surface area contributed by atoms with Gasteiger partial charge in [0.15, 0.2) is 9.84 Å². The molecule has 2 rings (SSSR count). The lowest BCUT2D eigenvalue weighted by Gasteiger charge is -2.15. The highest BCUT2D eigenvalue weighted by atomic mass is 32.2. The molecular formula is C13H14N2O3S. The van der Waals surface area contributed by atoms with E-state index >= 15 is 0 Å². The Hall–Kier alpha value is -1.87. The van der Waals surface area contributed by atoms with Crippen molar-refractivity contribution in [2.24, 2.45) is 0 Å². The molecule has 6 heteroatoms. The maximum absolute atomic E-state index is 12.1. The second-order valence-electron chi connectivity index (χ2n) is 4.44. The van der Waals surface area contributed by atoms with E-state index < -0.39 is 9.84 Å². The Bertz CT molecular complexity index is 632. The summed E-state index contributed by atoms with van der Waals surface area (Å²) >= 11 is 0. The van der Waals surface area contributed by atoms with Gasteiger partial charge in [-0.2, -0.15) is 5.26 Å². The molecule has 0 bridgehead atoms. The van der Waals surface area contributed by atoms with E-state index in [0.29, 0.717) is 18.5 Å². The molecule has 1 heterocycles. The van der Waals surface area contributed by atoms with Crippen molar-refractivity contribution in [1.82, 2.24) is 4.90 Å². The number of likely N-dealkylation sites (tertiary alicyclic amines) is 1. The van der Waals surface area contributed by atoms with Crippen molar-refractivity contribution in [2.45, 2.75) is 17.7 Å². The van der Waals surface area contributed by atoms with Gasteiger partial charge in [-0.1, -0.05) is 6.07 Å². The Morgan fingerprint density at radius 1 is 1.37 bits per heavy atom. The summed E-state index contributed by atoms with van der Waals surface area (Å²) in [6.07, 6.45) is 1.30. The molecule has 100 valence electrons. The van der Waals surface area contributed by atoms with E-state index in [9.17, 15) is 13.2 Å². The highest BCUT2D eigenvalue weighted by molar-refractivity contribution is 7.91. The van der Waals surface area contributed by atoms with Gasteiger partial charge in [-0.25, -0.2) is 8.42 Å². The standard InChI is InChI=1S/C13H14N2O3S/c14-10-11-3-1-4-12(9-11)19(17,18)8-7-15-6-2-5-13(15)16/h1,3-4,9H,2,5-8H2. The first kappa shape index (κ1) is 13.6. The van der Waals surface area contributed by atoms with Gasteiger partial charge in [0.1, 0.15) is 0 Å². The van der Waals surface area contributed by atoms with Crippen molar-refractivity contribution in [3.8, 4) is 6.07 Å². The third-order valence-corrected chi connectivity index (χ3v) is 4.82. The first-order valence-electron chi connectivity index (χ1n) is 6.03. The molecule has 1 aliphatic rings. The molecule has 5 nitrogen and oxygen atoms in total. The topological polar surface area (TPSA) is 78.2 Å². The molecule has 0 radical (unpaired) electrons. The molecule has 1 aromatic rings. The van der Waals surface area contributed by atoms with E-state index in [2.05, 4.69) is 0 Å².